The van der Waals surface area contributed by atoms with Gasteiger partial charge in [-0.25, -0.2) is 26.3 Å². The molecule has 0 saturated carbocycles. The van der Waals surface area contributed by atoms with Crippen molar-refractivity contribution in [3.05, 3.63) is 377 Å². The molecule has 1 aliphatic rings. The van der Waals surface area contributed by atoms with Gasteiger partial charge in [0.15, 0.2) is 0 Å². The molecule has 114 heavy (non-hydrogen) atoms. The molecule has 0 saturated heterocycles. The molecule has 8 nitrogen and oxygen atoms in total. The lowest BCUT2D eigenvalue weighted by atomic mass is 9.79. The second kappa shape index (κ2) is 34.5. The predicted octanol–water partition coefficient (Wildman–Crippen LogP) is 25.0. The van der Waals surface area contributed by atoms with E-state index in [1.54, 1.807) is 84.9 Å². The van der Waals surface area contributed by atoms with E-state index < -0.39 is 21.7 Å². The van der Waals surface area contributed by atoms with E-state index in [0.717, 1.165) is 100 Å². The minimum atomic E-state index is -0.409. The highest BCUT2D eigenvalue weighted by molar-refractivity contribution is 5.61. The lowest BCUT2D eigenvalue weighted by Gasteiger charge is -2.29. The molecule has 13 rings (SSSR count). The van der Waals surface area contributed by atoms with E-state index in [2.05, 4.69) is 132 Å². The van der Waals surface area contributed by atoms with Crippen LogP contribution in [0.1, 0.15) is 194 Å². The Morgan fingerprint density at radius 3 is 0.500 bits per heavy atom. The van der Waals surface area contributed by atoms with Crippen LogP contribution in [0, 0.1) is 34.9 Å². The molecule has 12 aromatic rings. The molecule has 0 N–H and O–H groups in total. The zero-order chi connectivity index (χ0) is 80.6. The van der Waals surface area contributed by atoms with Crippen LogP contribution in [0.25, 0.3) is 0 Å². The molecule has 1 aliphatic carbocycles. The molecule has 0 aromatic heterocycles. The minimum Gasteiger partial charge on any atom is -0.489 e. The molecule has 0 radical (unpaired) electrons. The van der Waals surface area contributed by atoms with Crippen LogP contribution >= 0.6 is 0 Å². The number of fused-ring (bicyclic) bond motifs is 8. The molecule has 0 heterocycles. The zero-order valence-corrected chi connectivity index (χ0v) is 67.0. The highest BCUT2D eigenvalue weighted by Crippen LogP contribution is 2.46. The summed E-state index contributed by atoms with van der Waals surface area (Å²) < 4.78 is 143. The summed E-state index contributed by atoms with van der Waals surface area (Å²) >= 11 is 0. The topological polar surface area (TPSA) is 73.8 Å². The van der Waals surface area contributed by atoms with Gasteiger partial charge in [-0.3, -0.25) is 0 Å². The predicted molar refractivity (Wildman–Crippen MR) is 438 cm³/mol. The average Bonchev–Trinajstić information content (AvgIpc) is 0.759. The van der Waals surface area contributed by atoms with E-state index in [-0.39, 0.29) is 87.8 Å². The highest BCUT2D eigenvalue weighted by atomic mass is 19.1. The number of benzene rings is 12. The summed E-state index contributed by atoms with van der Waals surface area (Å²) in [5.41, 5.74) is 15.6. The summed E-state index contributed by atoms with van der Waals surface area (Å²) in [6.07, 6.45) is 1.21. The van der Waals surface area contributed by atoms with Crippen LogP contribution in [0.2, 0.25) is 0 Å². The first-order chi connectivity index (χ1) is 54.3. The maximum absolute atomic E-state index is 14.9. The normalized spacial score (nSPS) is 12.4. The van der Waals surface area contributed by atoms with Crippen molar-refractivity contribution in [2.45, 2.75) is 183 Å². The summed E-state index contributed by atoms with van der Waals surface area (Å²) in [7, 11) is 0. The maximum Gasteiger partial charge on any atom is 0.126 e. The van der Waals surface area contributed by atoms with Crippen LogP contribution in [0.3, 0.4) is 0 Å². The van der Waals surface area contributed by atoms with Crippen molar-refractivity contribution in [2.24, 2.45) is 0 Å². The number of ether oxygens (including phenoxy) is 8. The fraction of sp³-hybridized carbons (Fsp3) is 0.280. The Morgan fingerprint density at radius 2 is 0.342 bits per heavy atom. The van der Waals surface area contributed by atoms with Crippen molar-refractivity contribution in [3.63, 3.8) is 0 Å². The van der Waals surface area contributed by atoms with Crippen molar-refractivity contribution in [3.8, 4) is 46.0 Å². The Labute approximate surface area is 666 Å². The van der Waals surface area contributed by atoms with Crippen LogP contribution in [-0.4, -0.2) is 0 Å². The van der Waals surface area contributed by atoms with Crippen molar-refractivity contribution >= 4 is 0 Å². The van der Waals surface area contributed by atoms with Gasteiger partial charge in [0.25, 0.3) is 0 Å². The van der Waals surface area contributed by atoms with Gasteiger partial charge in [0.1, 0.15) is 134 Å². The van der Waals surface area contributed by atoms with Gasteiger partial charge in [-0.1, -0.05) is 204 Å². The first-order valence-corrected chi connectivity index (χ1v) is 38.7. The second-order valence-electron chi connectivity index (χ2n) is 33.9. The van der Waals surface area contributed by atoms with E-state index in [0.29, 0.717) is 82.8 Å². The van der Waals surface area contributed by atoms with Crippen molar-refractivity contribution < 1.29 is 64.2 Å². The zero-order valence-electron chi connectivity index (χ0n) is 67.0. The molecule has 12 aromatic carbocycles. The van der Waals surface area contributed by atoms with E-state index in [4.69, 9.17) is 37.9 Å². The smallest absolute Gasteiger partial charge is 0.126 e. The summed E-state index contributed by atoms with van der Waals surface area (Å²) in [6, 6.07) is 66.7. The Kier molecular flexibility index (Phi) is 24.4. The first kappa shape index (κ1) is 80.7. The number of hydrogen-bond donors (Lipinski definition) is 0. The van der Waals surface area contributed by atoms with Crippen molar-refractivity contribution in [2.75, 3.05) is 0 Å². The maximum atomic E-state index is 14.9. The third-order valence-corrected chi connectivity index (χ3v) is 20.5. The van der Waals surface area contributed by atoms with Gasteiger partial charge in [-0.2, -0.15) is 0 Å². The minimum absolute atomic E-state index is 0.0309. The monoisotopic (exact) mass is 1540 g/mol. The van der Waals surface area contributed by atoms with Gasteiger partial charge in [0, 0.05) is 37.8 Å². The lowest BCUT2D eigenvalue weighted by Crippen LogP contribution is -2.18. The molecule has 0 unspecified atom stereocenters. The molecule has 0 spiro atoms. The largest absolute Gasteiger partial charge is 0.489 e. The molecular weight excluding hydrogens is 1440 g/mol. The standard InChI is InChI=1S/C100H98F6O8/c1-97(2,3)79-45-71-41-75-49-81(99(7,8)9)51-77(95(75)113-61-69-37-89(107-55-63-13-25-83(101)26-14-63)53-90(38-69)108-56-64-15-27-84(102)28-16-64)43-73-47-80(98(4,5)6)48-74(94(73)112-60-68-23-35-88(106)36-24-68)44-78-52-82(100(10,11)12)50-76(42-72(46-79)93(71)111-59-67-21-33-87(105)34-22-67)96(78)114-62-70-39-91(109-57-65-17-29-85(103)30-18-65)54-92(40-70)110-58-66-19-31-86(104)32-20-66/h13-40,45-54H,41-44,55-62H2,1-12H3. The van der Waals surface area contributed by atoms with Gasteiger partial charge in [0.2, 0.25) is 0 Å². The molecule has 14 heteroatoms. The van der Waals surface area contributed by atoms with E-state index in [1.165, 1.54) is 72.8 Å². The Bertz CT molecular complexity index is 4770. The fourth-order valence-corrected chi connectivity index (χ4v) is 13.9. The summed E-state index contributed by atoms with van der Waals surface area (Å²) in [5.74, 6) is 2.30. The fourth-order valence-electron chi connectivity index (χ4n) is 13.9. The summed E-state index contributed by atoms with van der Waals surface area (Å²) in [4.78, 5) is 0. The van der Waals surface area contributed by atoms with Gasteiger partial charge < -0.3 is 37.9 Å². The average molecular weight is 1540 g/mol. The van der Waals surface area contributed by atoms with Gasteiger partial charge in [0.05, 0.1) is 0 Å². The van der Waals surface area contributed by atoms with Crippen LogP contribution in [-0.2, 0) is 100 Å². The van der Waals surface area contributed by atoms with Gasteiger partial charge >= 0.3 is 0 Å². The summed E-state index contributed by atoms with van der Waals surface area (Å²) in [6.45, 7) is 27.3. The molecule has 0 amide bonds. The SMILES string of the molecule is CC(C)(C)c1cc2c(OCc3ccc(F)cc3)c(c1)Cc1cc(C(C)(C)C)cc(c1OCc1cc(OCc3ccc(F)cc3)cc(OCc3ccc(F)cc3)c1)Cc1cc(C(C)(C)C)cc(c1OCc1ccc(F)cc1)Cc1cc(C(C)(C)C)cc(c1OCc1cc(OCc3ccc(F)cc3)cc(OCc3ccc(F)cc3)c1)C2. The Hall–Kier alpha value is -11.4. The van der Waals surface area contributed by atoms with Crippen LogP contribution in [0.5, 0.6) is 46.0 Å². The summed E-state index contributed by atoms with van der Waals surface area (Å²) in [5, 5.41) is 0. The van der Waals surface area contributed by atoms with Crippen LogP contribution in [0.15, 0.2) is 231 Å². The van der Waals surface area contributed by atoms with Crippen LogP contribution in [0.4, 0.5) is 26.3 Å². The first-order valence-electron chi connectivity index (χ1n) is 38.7. The molecule has 8 bridgehead atoms. The highest BCUT2D eigenvalue weighted by Gasteiger charge is 2.31. The van der Waals surface area contributed by atoms with E-state index in [9.17, 15) is 26.3 Å². The number of hydrogen-bond acceptors (Lipinski definition) is 8. The molecule has 0 fully saturated rings. The number of halogens is 6. The second-order valence-corrected chi connectivity index (χ2v) is 33.9. The van der Waals surface area contributed by atoms with E-state index >= 15 is 0 Å². The Balaban J connectivity index is 1.03. The quantitative estimate of drug-likeness (QED) is 0.0554. The van der Waals surface area contributed by atoms with Gasteiger partial charge in [-0.05, 0) is 230 Å². The third-order valence-electron chi connectivity index (χ3n) is 20.5. The van der Waals surface area contributed by atoms with Gasteiger partial charge in [-0.15, -0.1) is 0 Å². The van der Waals surface area contributed by atoms with Crippen LogP contribution < -0.4 is 37.9 Å². The van der Waals surface area contributed by atoms with E-state index in [1.807, 2.05) is 24.3 Å². The third kappa shape index (κ3) is 21.3. The lowest BCUT2D eigenvalue weighted by molar-refractivity contribution is 0.279. The molecular formula is C100H98F6O8. The molecule has 588 valence electrons. The van der Waals surface area contributed by atoms with Crippen molar-refractivity contribution in [1.82, 2.24) is 0 Å². The molecule has 0 aliphatic heterocycles. The van der Waals surface area contributed by atoms with Crippen molar-refractivity contribution in [1.29, 1.82) is 0 Å². The Morgan fingerprint density at radius 1 is 0.193 bits per heavy atom. The molecule has 0 atom stereocenters. The number of rotatable bonds is 24.